The summed E-state index contributed by atoms with van der Waals surface area (Å²) in [6.07, 6.45) is 0.958. The average Bonchev–Trinajstić information content (AvgIpc) is 3.31. The minimum atomic E-state index is -3.67. The fourth-order valence-corrected chi connectivity index (χ4v) is 5.86. The highest BCUT2D eigenvalue weighted by Crippen LogP contribution is 2.23. The fourth-order valence-electron chi connectivity index (χ4n) is 3.93. The molecule has 0 spiro atoms. The van der Waals surface area contributed by atoms with E-state index in [0.29, 0.717) is 24.3 Å². The lowest BCUT2D eigenvalue weighted by Gasteiger charge is -2.34. The number of benzene rings is 2. The molecule has 1 aromatic heterocycles. The molecule has 1 aliphatic heterocycles. The number of nitrogens with zero attached hydrogens (tertiary/aromatic N) is 4. The van der Waals surface area contributed by atoms with Crippen LogP contribution in [-0.4, -0.2) is 62.3 Å². The summed E-state index contributed by atoms with van der Waals surface area (Å²) in [5.41, 5.74) is 3.17. The van der Waals surface area contributed by atoms with E-state index in [-0.39, 0.29) is 10.8 Å². The quantitative estimate of drug-likeness (QED) is 0.496. The molecule has 9 heteroatoms. The van der Waals surface area contributed by atoms with Gasteiger partial charge in [-0.05, 0) is 49.7 Å². The second-order valence-electron chi connectivity index (χ2n) is 8.49. The highest BCUT2D eigenvalue weighted by atomic mass is 32.2. The fraction of sp³-hybridized carbons (Fsp3) is 0.360. The molecule has 34 heavy (non-hydrogen) atoms. The summed E-state index contributed by atoms with van der Waals surface area (Å²) in [5, 5.41) is 3.28. The number of amides is 1. The number of carbonyl (C=O) groups is 1. The van der Waals surface area contributed by atoms with Crippen molar-refractivity contribution >= 4 is 33.0 Å². The number of thiazole rings is 1. The van der Waals surface area contributed by atoms with Crippen molar-refractivity contribution in [2.45, 2.75) is 31.7 Å². The van der Waals surface area contributed by atoms with Gasteiger partial charge in [-0.1, -0.05) is 24.6 Å². The number of piperazine rings is 1. The molecule has 0 atom stereocenters. The maximum Gasteiger partial charge on any atom is 0.264 e. The third kappa shape index (κ3) is 5.32. The zero-order chi connectivity index (χ0) is 24.3. The Bertz CT molecular complexity index is 1230. The molecule has 1 aliphatic rings. The number of carbonyl (C=O) groups excluding carboxylic acids is 1. The van der Waals surface area contributed by atoms with Crippen molar-refractivity contribution in [3.63, 3.8) is 0 Å². The lowest BCUT2D eigenvalue weighted by Crippen LogP contribution is -2.48. The first-order valence-electron chi connectivity index (χ1n) is 11.4. The van der Waals surface area contributed by atoms with Gasteiger partial charge in [0.05, 0.1) is 21.3 Å². The summed E-state index contributed by atoms with van der Waals surface area (Å²) >= 11 is 1.70. The standard InChI is InChI=1S/C25H30N4O3S2/c1-4-24-26-21(18-33-24)17-28-13-15-29(16-14-28)25(30)20-7-9-22(10-8-20)27(3)34(31,32)23-11-5-19(2)6-12-23/h5-12,18H,4,13-17H2,1-3H3. The minimum Gasteiger partial charge on any atom is -0.336 e. The molecular formula is C25H30N4O3S2. The van der Waals surface area contributed by atoms with E-state index in [9.17, 15) is 13.2 Å². The van der Waals surface area contributed by atoms with Crippen LogP contribution in [0.15, 0.2) is 58.8 Å². The van der Waals surface area contributed by atoms with Gasteiger partial charge in [-0.25, -0.2) is 13.4 Å². The smallest absolute Gasteiger partial charge is 0.264 e. The van der Waals surface area contributed by atoms with E-state index in [2.05, 4.69) is 22.2 Å². The Morgan fingerprint density at radius 1 is 1.03 bits per heavy atom. The third-order valence-corrected chi connectivity index (χ3v) is 8.95. The molecule has 2 aromatic carbocycles. The molecule has 0 aliphatic carbocycles. The van der Waals surface area contributed by atoms with Crippen LogP contribution < -0.4 is 4.31 Å². The summed E-state index contributed by atoms with van der Waals surface area (Å²) in [6, 6.07) is 13.5. The molecule has 7 nitrogen and oxygen atoms in total. The van der Waals surface area contributed by atoms with Gasteiger partial charge in [0.15, 0.2) is 0 Å². The molecule has 1 saturated heterocycles. The SMILES string of the molecule is CCc1nc(CN2CCN(C(=O)c3ccc(N(C)S(=O)(=O)c4ccc(C)cc4)cc3)CC2)cs1. The molecule has 0 N–H and O–H groups in total. The molecule has 180 valence electrons. The number of hydrogen-bond donors (Lipinski definition) is 0. The molecule has 3 aromatic rings. The van der Waals surface area contributed by atoms with Crippen molar-refractivity contribution < 1.29 is 13.2 Å². The van der Waals surface area contributed by atoms with E-state index < -0.39 is 10.0 Å². The zero-order valence-corrected chi connectivity index (χ0v) is 21.4. The van der Waals surface area contributed by atoms with Gasteiger partial charge in [0.2, 0.25) is 0 Å². The Morgan fingerprint density at radius 2 is 1.68 bits per heavy atom. The Morgan fingerprint density at radius 3 is 2.26 bits per heavy atom. The van der Waals surface area contributed by atoms with Crippen LogP contribution in [0.1, 0.15) is 33.5 Å². The third-order valence-electron chi connectivity index (χ3n) is 6.10. The highest BCUT2D eigenvalue weighted by molar-refractivity contribution is 7.92. The van der Waals surface area contributed by atoms with Gasteiger partial charge in [0.1, 0.15) is 0 Å². The van der Waals surface area contributed by atoms with Gasteiger partial charge >= 0.3 is 0 Å². The van der Waals surface area contributed by atoms with Crippen LogP contribution in [0.2, 0.25) is 0 Å². The van der Waals surface area contributed by atoms with E-state index >= 15 is 0 Å². The van der Waals surface area contributed by atoms with Crippen molar-refractivity contribution in [2.24, 2.45) is 0 Å². The Balaban J connectivity index is 1.36. The van der Waals surface area contributed by atoms with Crippen molar-refractivity contribution in [1.82, 2.24) is 14.8 Å². The number of rotatable bonds is 7. The maximum atomic E-state index is 13.0. The second kappa shape index (κ2) is 10.2. The second-order valence-corrected chi connectivity index (χ2v) is 11.4. The monoisotopic (exact) mass is 498 g/mol. The Kier molecular flexibility index (Phi) is 7.35. The molecule has 0 bridgehead atoms. The largest absolute Gasteiger partial charge is 0.336 e. The zero-order valence-electron chi connectivity index (χ0n) is 19.8. The lowest BCUT2D eigenvalue weighted by atomic mass is 10.1. The minimum absolute atomic E-state index is 0.0304. The number of anilines is 1. The van der Waals surface area contributed by atoms with Crippen LogP contribution in [-0.2, 0) is 23.0 Å². The number of hydrogen-bond acceptors (Lipinski definition) is 6. The topological polar surface area (TPSA) is 73.8 Å². The van der Waals surface area contributed by atoms with E-state index in [1.165, 1.54) is 11.4 Å². The number of aromatic nitrogens is 1. The van der Waals surface area contributed by atoms with Crippen LogP contribution in [0.4, 0.5) is 5.69 Å². The van der Waals surface area contributed by atoms with Crippen molar-refractivity contribution in [1.29, 1.82) is 0 Å². The van der Waals surface area contributed by atoms with Gasteiger partial charge < -0.3 is 4.90 Å². The molecule has 0 saturated carbocycles. The van der Waals surface area contributed by atoms with Crippen LogP contribution in [0, 0.1) is 6.92 Å². The van der Waals surface area contributed by atoms with E-state index in [0.717, 1.165) is 42.3 Å². The number of aryl methyl sites for hydroxylation is 2. The summed E-state index contributed by atoms with van der Waals surface area (Å²) in [4.78, 5) is 22.1. The van der Waals surface area contributed by atoms with Gasteiger partial charge in [0, 0.05) is 50.7 Å². The van der Waals surface area contributed by atoms with E-state index in [1.807, 2.05) is 11.8 Å². The van der Waals surface area contributed by atoms with Crippen LogP contribution in [0.25, 0.3) is 0 Å². The van der Waals surface area contributed by atoms with Crippen molar-refractivity contribution in [3.8, 4) is 0 Å². The molecule has 0 radical (unpaired) electrons. The maximum absolute atomic E-state index is 13.0. The first-order chi connectivity index (χ1) is 16.3. The van der Waals surface area contributed by atoms with E-state index in [4.69, 9.17) is 0 Å². The first kappa shape index (κ1) is 24.4. The van der Waals surface area contributed by atoms with Crippen LogP contribution in [0.3, 0.4) is 0 Å². The molecule has 2 heterocycles. The van der Waals surface area contributed by atoms with Gasteiger partial charge in [-0.2, -0.15) is 0 Å². The summed E-state index contributed by atoms with van der Waals surface area (Å²) in [7, 11) is -2.14. The summed E-state index contributed by atoms with van der Waals surface area (Å²) in [5.74, 6) is -0.0304. The predicted molar refractivity (Wildman–Crippen MR) is 136 cm³/mol. The molecular weight excluding hydrogens is 468 g/mol. The van der Waals surface area contributed by atoms with Crippen molar-refractivity contribution in [2.75, 3.05) is 37.5 Å². The summed E-state index contributed by atoms with van der Waals surface area (Å²) < 4.78 is 27.1. The van der Waals surface area contributed by atoms with Gasteiger partial charge in [-0.15, -0.1) is 11.3 Å². The molecule has 4 rings (SSSR count). The van der Waals surface area contributed by atoms with Crippen LogP contribution in [0.5, 0.6) is 0 Å². The normalized spacial score (nSPS) is 14.9. The Labute approximate surface area is 205 Å². The van der Waals surface area contributed by atoms with Gasteiger partial charge in [-0.3, -0.25) is 14.0 Å². The lowest BCUT2D eigenvalue weighted by molar-refractivity contribution is 0.0627. The molecule has 1 fully saturated rings. The average molecular weight is 499 g/mol. The van der Waals surface area contributed by atoms with E-state index in [1.54, 1.807) is 59.9 Å². The Hall–Kier alpha value is -2.75. The molecule has 0 unspecified atom stereocenters. The predicted octanol–water partition coefficient (Wildman–Crippen LogP) is 3.80. The summed E-state index contributed by atoms with van der Waals surface area (Å²) in [6.45, 7) is 7.77. The van der Waals surface area contributed by atoms with Crippen LogP contribution >= 0.6 is 11.3 Å². The van der Waals surface area contributed by atoms with Gasteiger partial charge in [0.25, 0.3) is 15.9 Å². The molecule has 1 amide bonds. The number of sulfonamides is 1. The first-order valence-corrected chi connectivity index (χ1v) is 13.7. The van der Waals surface area contributed by atoms with Crippen molar-refractivity contribution in [3.05, 3.63) is 75.7 Å². The highest BCUT2D eigenvalue weighted by Gasteiger charge is 2.24.